The van der Waals surface area contributed by atoms with Crippen molar-refractivity contribution in [1.29, 1.82) is 0 Å². The summed E-state index contributed by atoms with van der Waals surface area (Å²) < 4.78 is 49.6. The van der Waals surface area contributed by atoms with Crippen LogP contribution in [0.2, 0.25) is 0 Å². The third kappa shape index (κ3) is 4.41. The Balaban J connectivity index is 1.48. The predicted molar refractivity (Wildman–Crippen MR) is 132 cm³/mol. The molecule has 1 aliphatic heterocycles. The molecule has 37 heavy (non-hydrogen) atoms. The van der Waals surface area contributed by atoms with Gasteiger partial charge in [-0.3, -0.25) is 4.79 Å². The fourth-order valence-electron chi connectivity index (χ4n) is 5.29. The zero-order valence-electron chi connectivity index (χ0n) is 20.3. The van der Waals surface area contributed by atoms with Gasteiger partial charge in [-0.15, -0.1) is 0 Å². The van der Waals surface area contributed by atoms with E-state index >= 15 is 0 Å². The molecular weight excluding hydrogens is 485 g/mol. The number of ether oxygens (including phenoxy) is 1. The van der Waals surface area contributed by atoms with Gasteiger partial charge in [0.25, 0.3) is 5.91 Å². The molecule has 1 amide bonds. The number of aromatic nitrogens is 4. The SMILES string of the molecule is Cn1c(-c2cc3cccnc3n2CC2CC2)nc2cc(C(=O)N3C[C@@H](N)C[C@H](F)C3)cc(OC(F)F)c21. The Morgan fingerprint density at radius 3 is 2.78 bits per heavy atom. The third-order valence-corrected chi connectivity index (χ3v) is 7.14. The molecule has 0 radical (unpaired) electrons. The van der Waals surface area contributed by atoms with Crippen LogP contribution in [-0.2, 0) is 13.6 Å². The van der Waals surface area contributed by atoms with Crippen molar-refractivity contribution >= 4 is 28.0 Å². The maximum atomic E-state index is 14.1. The molecule has 6 rings (SSSR count). The minimum atomic E-state index is -3.10. The molecule has 8 nitrogen and oxygen atoms in total. The summed E-state index contributed by atoms with van der Waals surface area (Å²) in [5.74, 6) is 0.431. The average Bonchev–Trinajstić information content (AvgIpc) is 3.51. The highest BCUT2D eigenvalue weighted by atomic mass is 19.3. The first-order chi connectivity index (χ1) is 17.8. The molecule has 0 spiro atoms. The molecule has 2 fully saturated rings. The second kappa shape index (κ2) is 9.05. The number of imidazole rings is 1. The maximum Gasteiger partial charge on any atom is 0.387 e. The van der Waals surface area contributed by atoms with Gasteiger partial charge in [-0.25, -0.2) is 14.4 Å². The summed E-state index contributed by atoms with van der Waals surface area (Å²) in [6.45, 7) is -2.24. The lowest BCUT2D eigenvalue weighted by molar-refractivity contribution is -0.0490. The summed E-state index contributed by atoms with van der Waals surface area (Å²) in [4.78, 5) is 23.9. The second-order valence-electron chi connectivity index (χ2n) is 10.0. The summed E-state index contributed by atoms with van der Waals surface area (Å²) in [6.07, 6.45) is 2.97. The predicted octanol–water partition coefficient (Wildman–Crippen LogP) is 4.11. The largest absolute Gasteiger partial charge is 0.432 e. The van der Waals surface area contributed by atoms with Crippen molar-refractivity contribution in [3.05, 3.63) is 42.1 Å². The van der Waals surface area contributed by atoms with Gasteiger partial charge in [-0.1, -0.05) is 0 Å². The summed E-state index contributed by atoms with van der Waals surface area (Å²) in [5.41, 5.74) is 8.30. The quantitative estimate of drug-likeness (QED) is 0.420. The van der Waals surface area contributed by atoms with E-state index in [4.69, 9.17) is 15.5 Å². The van der Waals surface area contributed by atoms with Crippen LogP contribution in [0.1, 0.15) is 29.6 Å². The molecule has 194 valence electrons. The number of fused-ring (bicyclic) bond motifs is 2. The van der Waals surface area contributed by atoms with Gasteiger partial charge in [0, 0.05) is 43.3 Å². The molecule has 1 saturated heterocycles. The number of carbonyl (C=O) groups excluding carboxylic acids is 1. The lowest BCUT2D eigenvalue weighted by Crippen LogP contribution is -2.50. The highest BCUT2D eigenvalue weighted by molar-refractivity contribution is 6.00. The van der Waals surface area contributed by atoms with Crippen molar-refractivity contribution in [2.45, 2.75) is 44.6 Å². The van der Waals surface area contributed by atoms with Crippen molar-refractivity contribution in [3.63, 3.8) is 0 Å². The van der Waals surface area contributed by atoms with Crippen LogP contribution in [0.15, 0.2) is 36.5 Å². The highest BCUT2D eigenvalue weighted by Gasteiger charge is 2.31. The summed E-state index contributed by atoms with van der Waals surface area (Å²) in [7, 11) is 1.73. The number of alkyl halides is 3. The Kier molecular flexibility index (Phi) is 5.82. The molecule has 1 aliphatic carbocycles. The molecule has 2 atom stereocenters. The molecule has 1 saturated carbocycles. The average molecular weight is 513 g/mol. The number of aryl methyl sites for hydroxylation is 1. The fraction of sp³-hybridized carbons (Fsp3) is 0.423. The molecule has 4 heterocycles. The first-order valence-electron chi connectivity index (χ1n) is 12.4. The van der Waals surface area contributed by atoms with Crippen LogP contribution >= 0.6 is 0 Å². The Bertz CT molecular complexity index is 1480. The molecule has 4 aromatic rings. The van der Waals surface area contributed by atoms with E-state index in [0.29, 0.717) is 22.8 Å². The Morgan fingerprint density at radius 2 is 2.05 bits per heavy atom. The molecule has 0 unspecified atom stereocenters. The molecule has 2 N–H and O–H groups in total. The zero-order valence-corrected chi connectivity index (χ0v) is 20.3. The van der Waals surface area contributed by atoms with Crippen LogP contribution in [0.3, 0.4) is 0 Å². The number of halogens is 3. The first-order valence-corrected chi connectivity index (χ1v) is 12.4. The summed E-state index contributed by atoms with van der Waals surface area (Å²) in [6, 6.07) is 8.15. The van der Waals surface area contributed by atoms with E-state index < -0.39 is 24.7 Å². The number of rotatable bonds is 6. The number of likely N-dealkylation sites (tertiary alicyclic amines) is 1. The van der Waals surface area contributed by atoms with Gasteiger partial charge < -0.3 is 24.5 Å². The second-order valence-corrected chi connectivity index (χ2v) is 10.0. The lowest BCUT2D eigenvalue weighted by Gasteiger charge is -2.33. The number of nitrogens with two attached hydrogens (primary N) is 1. The van der Waals surface area contributed by atoms with Crippen molar-refractivity contribution in [1.82, 2.24) is 24.0 Å². The molecule has 1 aromatic carbocycles. The smallest absolute Gasteiger partial charge is 0.387 e. The number of hydrogen-bond acceptors (Lipinski definition) is 5. The number of benzene rings is 1. The van der Waals surface area contributed by atoms with E-state index in [9.17, 15) is 18.0 Å². The number of hydrogen-bond donors (Lipinski definition) is 1. The van der Waals surface area contributed by atoms with Crippen molar-refractivity contribution in [3.8, 4) is 17.3 Å². The van der Waals surface area contributed by atoms with Crippen LogP contribution in [0, 0.1) is 5.92 Å². The van der Waals surface area contributed by atoms with Gasteiger partial charge in [0.2, 0.25) is 0 Å². The molecule has 3 aromatic heterocycles. The monoisotopic (exact) mass is 512 g/mol. The van der Waals surface area contributed by atoms with Gasteiger partial charge >= 0.3 is 6.61 Å². The minimum Gasteiger partial charge on any atom is -0.432 e. The van der Waals surface area contributed by atoms with Gasteiger partial charge in [-0.05, 0) is 55.5 Å². The maximum absolute atomic E-state index is 14.1. The zero-order chi connectivity index (χ0) is 25.8. The summed E-state index contributed by atoms with van der Waals surface area (Å²) >= 11 is 0. The standard InChI is InChI=1S/C26H27F3N6O2/c1-33-22-19(32-24(33)20-8-15-3-2-6-31-23(15)35(20)11-14-4-5-14)7-16(9-21(22)37-26(28)29)25(36)34-12-17(27)10-18(30)13-34/h2-3,6-9,14,17-18,26H,4-5,10-13,30H2,1H3/t17-,18-/m0/s1. The number of carbonyl (C=O) groups is 1. The number of pyridine rings is 1. The molecule has 11 heteroatoms. The third-order valence-electron chi connectivity index (χ3n) is 7.14. The van der Waals surface area contributed by atoms with Crippen molar-refractivity contribution in [2.75, 3.05) is 13.1 Å². The van der Waals surface area contributed by atoms with Crippen LogP contribution in [-0.4, -0.2) is 61.8 Å². The Labute approximate surface area is 210 Å². The van der Waals surface area contributed by atoms with Gasteiger partial charge in [0.05, 0.1) is 17.8 Å². The van der Waals surface area contributed by atoms with Crippen molar-refractivity contribution < 1.29 is 22.7 Å². The fourth-order valence-corrected chi connectivity index (χ4v) is 5.29. The van der Waals surface area contributed by atoms with Crippen LogP contribution in [0.25, 0.3) is 33.6 Å². The Hall–Kier alpha value is -3.60. The van der Waals surface area contributed by atoms with E-state index in [1.165, 1.54) is 11.0 Å². The van der Waals surface area contributed by atoms with Crippen LogP contribution in [0.5, 0.6) is 5.75 Å². The lowest BCUT2D eigenvalue weighted by atomic mass is 10.0. The Morgan fingerprint density at radius 1 is 1.24 bits per heavy atom. The topological polar surface area (TPSA) is 91.2 Å². The van der Waals surface area contributed by atoms with Crippen molar-refractivity contribution in [2.24, 2.45) is 18.7 Å². The van der Waals surface area contributed by atoms with E-state index in [1.807, 2.05) is 18.2 Å². The van der Waals surface area contributed by atoms with E-state index in [0.717, 1.165) is 36.1 Å². The van der Waals surface area contributed by atoms with E-state index in [-0.39, 0.29) is 30.8 Å². The molecular formula is C26H27F3N6O2. The van der Waals surface area contributed by atoms with Crippen LogP contribution < -0.4 is 10.5 Å². The minimum absolute atomic E-state index is 0.0919. The highest BCUT2D eigenvalue weighted by Crippen LogP contribution is 2.38. The van der Waals surface area contributed by atoms with Gasteiger partial charge in [0.1, 0.15) is 17.3 Å². The van der Waals surface area contributed by atoms with E-state index in [2.05, 4.69) is 9.55 Å². The first kappa shape index (κ1) is 23.8. The number of piperidine rings is 1. The number of nitrogens with zero attached hydrogens (tertiary/aromatic N) is 5. The molecule has 0 bridgehead atoms. The number of amides is 1. The van der Waals surface area contributed by atoms with E-state index in [1.54, 1.807) is 23.9 Å². The summed E-state index contributed by atoms with van der Waals surface area (Å²) in [5, 5.41) is 0.951. The van der Waals surface area contributed by atoms with Gasteiger partial charge in [0.15, 0.2) is 11.6 Å². The molecule has 2 aliphatic rings. The van der Waals surface area contributed by atoms with Crippen LogP contribution in [0.4, 0.5) is 13.2 Å². The normalized spacial score (nSPS) is 20.3. The van der Waals surface area contributed by atoms with Gasteiger partial charge in [-0.2, -0.15) is 8.78 Å².